The molecule has 1 aromatic heterocycles. The second kappa shape index (κ2) is 10.1. The summed E-state index contributed by atoms with van der Waals surface area (Å²) >= 11 is 0. The van der Waals surface area contributed by atoms with E-state index in [1.165, 1.54) is 29.5 Å². The van der Waals surface area contributed by atoms with Gasteiger partial charge in [0.15, 0.2) is 0 Å². The molecule has 1 aliphatic rings. The van der Waals surface area contributed by atoms with Gasteiger partial charge < -0.3 is 14.4 Å². The second-order valence-electron chi connectivity index (χ2n) is 8.84. The van der Waals surface area contributed by atoms with Crippen LogP contribution in [0.2, 0.25) is 0 Å². The van der Waals surface area contributed by atoms with Crippen molar-refractivity contribution < 1.29 is 27.4 Å². The third-order valence-corrected chi connectivity index (χ3v) is 6.24. The van der Waals surface area contributed by atoms with Gasteiger partial charge in [0.1, 0.15) is 11.9 Å². The fourth-order valence-corrected chi connectivity index (χ4v) is 4.41. The number of likely N-dealkylation sites (N-methyl/N-ethyl adjacent to an activating group) is 1. The van der Waals surface area contributed by atoms with Crippen LogP contribution in [0.4, 0.5) is 23.7 Å². The van der Waals surface area contributed by atoms with E-state index in [0.717, 1.165) is 36.4 Å². The van der Waals surface area contributed by atoms with Gasteiger partial charge in [0.05, 0.1) is 30.9 Å². The number of rotatable bonds is 8. The minimum Gasteiger partial charge on any atom is -0.495 e. The molecule has 1 aliphatic heterocycles. The summed E-state index contributed by atoms with van der Waals surface area (Å²) in [5, 5.41) is 1.06. The molecule has 0 N–H and O–H groups in total. The van der Waals surface area contributed by atoms with Crippen LogP contribution in [0.15, 0.2) is 48.7 Å². The van der Waals surface area contributed by atoms with Crippen molar-refractivity contribution in [2.75, 3.05) is 38.7 Å². The molecule has 9 heteroatoms. The lowest BCUT2D eigenvalue weighted by molar-refractivity contribution is -0.138. The third-order valence-electron chi connectivity index (χ3n) is 6.24. The molecule has 1 atom stereocenters. The Bertz CT molecular complexity index is 1220. The number of aryl methyl sites for hydroxylation is 2. The van der Waals surface area contributed by atoms with E-state index < -0.39 is 23.9 Å². The summed E-state index contributed by atoms with van der Waals surface area (Å²) < 4.78 is 50.6. The number of amides is 1. The maximum atomic E-state index is 13.3. The smallest absolute Gasteiger partial charge is 0.416 e. The Morgan fingerprint density at radius 2 is 2.03 bits per heavy atom. The van der Waals surface area contributed by atoms with Crippen molar-refractivity contribution in [1.82, 2.24) is 9.88 Å². The number of aromatic nitrogens is 1. The first-order chi connectivity index (χ1) is 16.7. The number of methoxy groups -OCH3 is 1. The van der Waals surface area contributed by atoms with Crippen LogP contribution in [0.25, 0.3) is 10.9 Å². The maximum absolute atomic E-state index is 13.3. The molecular weight excluding hydrogens is 459 g/mol. The highest BCUT2D eigenvalue weighted by molar-refractivity contribution is 5.90. The number of carbonyl (C=O) groups is 1. The highest BCUT2D eigenvalue weighted by Crippen LogP contribution is 2.35. The Morgan fingerprint density at radius 3 is 2.77 bits per heavy atom. The van der Waals surface area contributed by atoms with Crippen LogP contribution in [0.3, 0.4) is 0 Å². The topological polar surface area (TPSA) is 54.9 Å². The molecule has 1 amide bonds. The molecule has 35 heavy (non-hydrogen) atoms. The average Bonchev–Trinajstić information content (AvgIpc) is 3.18. The number of hydrogen-bond acceptors (Lipinski definition) is 5. The summed E-state index contributed by atoms with van der Waals surface area (Å²) in [7, 11) is 3.56. The predicted octanol–water partition coefficient (Wildman–Crippen LogP) is 5.46. The molecule has 0 spiro atoms. The standard InChI is InChI=1S/C26H28F3N3O3/c1-17-9-10-19(12-23(17)26(27,28)29)32-16-21(35-25(32)33)15-31(2)11-5-7-18-6-4-8-24-22(18)13-20(34-3)14-30-24/h4,6,8-10,12-14,21H,5,7,11,15-16H2,1-3H3/t21-/m1/s1. The van der Waals surface area contributed by atoms with Crippen LogP contribution in [-0.4, -0.2) is 55.9 Å². The SMILES string of the molecule is COc1cnc2cccc(CCCN(C)C[C@@H]3CN(c4ccc(C)c(C(F)(F)F)c4)C(=O)O3)c2c1. The predicted molar refractivity (Wildman–Crippen MR) is 128 cm³/mol. The number of benzene rings is 2. The normalized spacial score (nSPS) is 16.3. The quantitative estimate of drug-likeness (QED) is 0.422. The molecule has 0 saturated carbocycles. The van der Waals surface area contributed by atoms with Gasteiger partial charge >= 0.3 is 12.3 Å². The highest BCUT2D eigenvalue weighted by Gasteiger charge is 2.36. The molecule has 2 aromatic carbocycles. The lowest BCUT2D eigenvalue weighted by Crippen LogP contribution is -2.33. The maximum Gasteiger partial charge on any atom is 0.416 e. The molecular formula is C26H28F3N3O3. The van der Waals surface area contributed by atoms with Crippen molar-refractivity contribution in [1.29, 1.82) is 0 Å². The average molecular weight is 488 g/mol. The number of cyclic esters (lactones) is 1. The molecule has 1 saturated heterocycles. The molecule has 3 aromatic rings. The fraction of sp³-hybridized carbons (Fsp3) is 0.385. The fourth-order valence-electron chi connectivity index (χ4n) is 4.41. The number of halogens is 3. The van der Waals surface area contributed by atoms with Crippen molar-refractivity contribution >= 4 is 22.7 Å². The van der Waals surface area contributed by atoms with E-state index in [4.69, 9.17) is 9.47 Å². The van der Waals surface area contributed by atoms with E-state index in [1.54, 1.807) is 13.3 Å². The molecule has 6 nitrogen and oxygen atoms in total. The lowest BCUT2D eigenvalue weighted by atomic mass is 10.0. The van der Waals surface area contributed by atoms with Crippen molar-refractivity contribution in [2.45, 2.75) is 32.0 Å². The second-order valence-corrected chi connectivity index (χ2v) is 8.84. The molecule has 2 heterocycles. The van der Waals surface area contributed by atoms with Gasteiger partial charge in [0.25, 0.3) is 0 Å². The van der Waals surface area contributed by atoms with E-state index in [2.05, 4.69) is 16.0 Å². The Balaban J connectivity index is 1.33. The number of alkyl halides is 3. The molecule has 0 aliphatic carbocycles. The molecule has 0 unspecified atom stereocenters. The Labute approximate surface area is 202 Å². The van der Waals surface area contributed by atoms with Crippen molar-refractivity contribution in [3.05, 3.63) is 65.4 Å². The van der Waals surface area contributed by atoms with Crippen LogP contribution >= 0.6 is 0 Å². The number of pyridine rings is 1. The summed E-state index contributed by atoms with van der Waals surface area (Å²) in [5.41, 5.74) is 1.66. The summed E-state index contributed by atoms with van der Waals surface area (Å²) in [6, 6.07) is 11.9. The first-order valence-electron chi connectivity index (χ1n) is 11.4. The number of hydrogen-bond donors (Lipinski definition) is 0. The lowest BCUT2D eigenvalue weighted by Gasteiger charge is -2.20. The van der Waals surface area contributed by atoms with Crippen molar-refractivity contribution in [3.8, 4) is 5.75 Å². The van der Waals surface area contributed by atoms with Gasteiger partial charge in [-0.1, -0.05) is 18.2 Å². The van der Waals surface area contributed by atoms with Crippen LogP contribution in [-0.2, 0) is 17.3 Å². The van der Waals surface area contributed by atoms with Crippen LogP contribution < -0.4 is 9.64 Å². The molecule has 0 bridgehead atoms. The number of nitrogens with zero attached hydrogens (tertiary/aromatic N) is 3. The minimum atomic E-state index is -4.48. The van der Waals surface area contributed by atoms with Crippen LogP contribution in [0, 0.1) is 6.92 Å². The van der Waals surface area contributed by atoms with E-state index in [9.17, 15) is 18.0 Å². The van der Waals surface area contributed by atoms with Gasteiger partial charge in [-0.2, -0.15) is 13.2 Å². The monoisotopic (exact) mass is 487 g/mol. The molecule has 1 fully saturated rings. The van der Waals surface area contributed by atoms with Gasteiger partial charge in [-0.15, -0.1) is 0 Å². The minimum absolute atomic E-state index is 0.116. The Hall–Kier alpha value is -3.33. The van der Waals surface area contributed by atoms with Crippen molar-refractivity contribution in [3.63, 3.8) is 0 Å². The third kappa shape index (κ3) is 5.67. The highest BCUT2D eigenvalue weighted by atomic mass is 19.4. The summed E-state index contributed by atoms with van der Waals surface area (Å²) in [6.07, 6.45) is -2.10. The number of carbonyl (C=O) groups excluding carboxylic acids is 1. The van der Waals surface area contributed by atoms with Crippen LogP contribution in [0.1, 0.15) is 23.1 Å². The Morgan fingerprint density at radius 1 is 1.23 bits per heavy atom. The summed E-state index contributed by atoms with van der Waals surface area (Å²) in [5.74, 6) is 0.714. The summed E-state index contributed by atoms with van der Waals surface area (Å²) in [4.78, 5) is 20.2. The zero-order chi connectivity index (χ0) is 25.2. The van der Waals surface area contributed by atoms with Gasteiger partial charge in [0, 0.05) is 17.6 Å². The van der Waals surface area contributed by atoms with Crippen LogP contribution in [0.5, 0.6) is 5.75 Å². The first kappa shape index (κ1) is 24.8. The molecule has 186 valence electrons. The van der Waals surface area contributed by atoms with E-state index in [0.29, 0.717) is 12.3 Å². The van der Waals surface area contributed by atoms with Gasteiger partial charge in [-0.25, -0.2) is 4.79 Å². The molecule has 0 radical (unpaired) electrons. The van der Waals surface area contributed by atoms with E-state index >= 15 is 0 Å². The van der Waals surface area contributed by atoms with E-state index in [-0.39, 0.29) is 17.8 Å². The zero-order valence-corrected chi connectivity index (χ0v) is 19.9. The first-order valence-corrected chi connectivity index (χ1v) is 11.4. The number of anilines is 1. The Kier molecular flexibility index (Phi) is 7.16. The van der Waals surface area contributed by atoms with Gasteiger partial charge in [0.2, 0.25) is 0 Å². The molecule has 4 rings (SSSR count). The summed E-state index contributed by atoms with van der Waals surface area (Å²) in [6.45, 7) is 2.87. The van der Waals surface area contributed by atoms with E-state index in [1.807, 2.05) is 25.2 Å². The van der Waals surface area contributed by atoms with Crippen molar-refractivity contribution in [2.24, 2.45) is 0 Å². The van der Waals surface area contributed by atoms with Gasteiger partial charge in [-0.05, 0) is 68.8 Å². The largest absolute Gasteiger partial charge is 0.495 e. The van der Waals surface area contributed by atoms with Gasteiger partial charge in [-0.3, -0.25) is 9.88 Å². The zero-order valence-electron chi connectivity index (χ0n) is 19.9. The number of ether oxygens (including phenoxy) is 2. The number of fused-ring (bicyclic) bond motifs is 1.